The Morgan fingerprint density at radius 3 is 2.28 bits per heavy atom. The number of nitrogens with zero attached hydrogens (tertiary/aromatic N) is 1. The van der Waals surface area contributed by atoms with Crippen molar-refractivity contribution in [1.29, 1.82) is 0 Å². The highest BCUT2D eigenvalue weighted by molar-refractivity contribution is 8.00. The fourth-order valence-electron chi connectivity index (χ4n) is 2.38. The van der Waals surface area contributed by atoms with Crippen LogP contribution in [0, 0.1) is 0 Å². The van der Waals surface area contributed by atoms with E-state index in [0.717, 1.165) is 0 Å². The van der Waals surface area contributed by atoms with Crippen LogP contribution in [0.5, 0.6) is 0 Å². The summed E-state index contributed by atoms with van der Waals surface area (Å²) in [5.41, 5.74) is 5.97. The lowest BCUT2D eigenvalue weighted by Crippen LogP contribution is -2.59. The Balaban J connectivity index is 0.000000250. The van der Waals surface area contributed by atoms with Crippen molar-refractivity contribution in [3.8, 4) is 11.1 Å². The van der Waals surface area contributed by atoms with Gasteiger partial charge in [-0.05, 0) is 17.2 Å². The predicted octanol–water partition coefficient (Wildman–Crippen LogP) is 2.88. The molecule has 0 unspecified atom stereocenters. The smallest absolute Gasteiger partial charge is 0.245 e. The van der Waals surface area contributed by atoms with Gasteiger partial charge in [0.05, 0.1) is 12.2 Å². The van der Waals surface area contributed by atoms with Crippen molar-refractivity contribution in [2.45, 2.75) is 18.7 Å². The second kappa shape index (κ2) is 7.53. The summed E-state index contributed by atoms with van der Waals surface area (Å²) in [6.07, 6.45) is 0.354. The molecule has 0 aromatic heterocycles. The van der Waals surface area contributed by atoms with Crippen molar-refractivity contribution in [2.75, 3.05) is 5.75 Å². The number of ketones is 1. The molecule has 6 heteroatoms. The zero-order chi connectivity index (χ0) is 17.8. The average Bonchev–Trinajstić information content (AvgIpc) is 3.22. The molecule has 0 saturated carbocycles. The van der Waals surface area contributed by atoms with Gasteiger partial charge in [-0.25, -0.2) is 5.01 Å². The summed E-state index contributed by atoms with van der Waals surface area (Å²) < 4.78 is 0. The second-order valence-corrected chi connectivity index (χ2v) is 6.94. The second-order valence-electron chi connectivity index (χ2n) is 5.77. The van der Waals surface area contributed by atoms with Crippen LogP contribution in [0.25, 0.3) is 11.1 Å². The van der Waals surface area contributed by atoms with Gasteiger partial charge in [-0.3, -0.25) is 19.8 Å². The van der Waals surface area contributed by atoms with E-state index < -0.39 is 0 Å². The maximum Gasteiger partial charge on any atom is 0.245 e. The van der Waals surface area contributed by atoms with Crippen LogP contribution in [-0.2, 0) is 9.59 Å². The molecule has 25 heavy (non-hydrogen) atoms. The van der Waals surface area contributed by atoms with Crippen LogP contribution in [0.4, 0.5) is 0 Å². The van der Waals surface area contributed by atoms with E-state index >= 15 is 0 Å². The lowest BCUT2D eigenvalue weighted by molar-refractivity contribution is -0.151. The maximum absolute atomic E-state index is 11.9. The van der Waals surface area contributed by atoms with E-state index in [1.54, 1.807) is 12.1 Å². The van der Waals surface area contributed by atoms with Crippen molar-refractivity contribution in [1.82, 2.24) is 10.4 Å². The highest BCUT2D eigenvalue weighted by Crippen LogP contribution is 2.32. The summed E-state index contributed by atoms with van der Waals surface area (Å²) in [6.45, 7) is 1.35. The number of nitrogens with one attached hydrogen (secondary N) is 1. The van der Waals surface area contributed by atoms with Crippen molar-refractivity contribution < 1.29 is 14.4 Å². The number of amides is 2. The van der Waals surface area contributed by atoms with Gasteiger partial charge in [0.15, 0.2) is 5.78 Å². The summed E-state index contributed by atoms with van der Waals surface area (Å²) in [5.74, 6) is -0.0986. The molecular formula is C19H18N2O3S. The highest BCUT2D eigenvalue weighted by Gasteiger charge is 2.37. The highest BCUT2D eigenvalue weighted by atomic mass is 32.2. The number of Topliss-reactive ketones (excluding diaryl/α,β-unsaturated/α-hetero) is 1. The lowest BCUT2D eigenvalue weighted by Gasteiger charge is -2.38. The predicted molar refractivity (Wildman–Crippen MR) is 97.7 cm³/mol. The van der Waals surface area contributed by atoms with E-state index in [4.69, 9.17) is 0 Å². The van der Waals surface area contributed by atoms with Crippen LogP contribution in [0.1, 0.15) is 23.7 Å². The van der Waals surface area contributed by atoms with Gasteiger partial charge in [-0.1, -0.05) is 48.5 Å². The third kappa shape index (κ3) is 4.48. The first kappa shape index (κ1) is 17.2. The van der Waals surface area contributed by atoms with Crippen molar-refractivity contribution in [2.24, 2.45) is 0 Å². The number of rotatable bonds is 5. The van der Waals surface area contributed by atoms with Gasteiger partial charge in [0, 0.05) is 12.5 Å². The molecule has 1 atom stereocenters. The zero-order valence-electron chi connectivity index (χ0n) is 13.8. The summed E-state index contributed by atoms with van der Waals surface area (Å²) in [5, 5.41) is 1.13. The molecule has 1 saturated heterocycles. The normalized spacial score (nSPS) is 16.3. The fraction of sp³-hybridized carbons (Fsp3) is 0.211. The standard InChI is InChI=1S/C13H14N2O3S.C6H4/c1-9(16)14-15-12(18)7-13(15)19-8-11(17)10-5-3-2-4-6-10;1-2-5-4-6(5)3-1/h2-6,13H,7-8H2,1H3,(H,14,16);1-4H/t13-;/m1./s1. The molecule has 1 aromatic carbocycles. The van der Waals surface area contributed by atoms with E-state index in [1.807, 2.05) is 18.2 Å². The SMILES string of the molecule is CC(=O)NN1C(=O)C[C@H]1SCC(=O)c1ccccc1.c1cc2cc-2c1. The van der Waals surface area contributed by atoms with Crippen LogP contribution in [0.3, 0.4) is 0 Å². The summed E-state index contributed by atoms with van der Waals surface area (Å²) >= 11 is 1.36. The average molecular weight is 354 g/mol. The molecule has 5 nitrogen and oxygen atoms in total. The number of hydrazine groups is 1. The Morgan fingerprint density at radius 2 is 1.80 bits per heavy atom. The molecule has 1 aliphatic heterocycles. The quantitative estimate of drug-likeness (QED) is 0.565. The van der Waals surface area contributed by atoms with E-state index in [0.29, 0.717) is 12.0 Å². The monoisotopic (exact) mass is 354 g/mol. The number of β-lactam (4-membered cyclic amide) rings is 1. The van der Waals surface area contributed by atoms with E-state index in [1.165, 1.54) is 34.8 Å². The number of hydrogen-bond donors (Lipinski definition) is 1. The van der Waals surface area contributed by atoms with E-state index in [-0.39, 0.29) is 28.7 Å². The Bertz CT molecular complexity index is 790. The molecule has 0 bridgehead atoms. The minimum Gasteiger partial charge on any atom is -0.293 e. The minimum atomic E-state index is -0.284. The first-order chi connectivity index (χ1) is 12.0. The van der Waals surface area contributed by atoms with E-state index in [2.05, 4.69) is 29.7 Å². The summed E-state index contributed by atoms with van der Waals surface area (Å²) in [4.78, 5) is 34.1. The fourth-order valence-corrected chi connectivity index (χ4v) is 3.47. The number of carbonyl (C=O) groups excluding carboxylic acids is 3. The molecule has 1 aromatic rings. The molecule has 0 radical (unpaired) electrons. The minimum absolute atomic E-state index is 0.0210. The Labute approximate surface area is 150 Å². The van der Waals surface area contributed by atoms with Crippen LogP contribution in [-0.4, -0.2) is 33.7 Å². The van der Waals surface area contributed by atoms with Crippen molar-refractivity contribution >= 4 is 29.4 Å². The molecule has 2 aliphatic carbocycles. The number of thioether (sulfide) groups is 1. The summed E-state index contributed by atoms with van der Waals surface area (Å²) in [6, 6.07) is 17.5. The molecular weight excluding hydrogens is 336 g/mol. The zero-order valence-corrected chi connectivity index (χ0v) is 14.6. The molecule has 128 valence electrons. The van der Waals surface area contributed by atoms with Crippen molar-refractivity contribution in [3.05, 3.63) is 60.2 Å². The maximum atomic E-state index is 11.9. The number of fused-ring (bicyclic) bond motifs is 1. The number of hydrogen-bond acceptors (Lipinski definition) is 4. The third-order valence-corrected chi connectivity index (χ3v) is 4.99. The van der Waals surface area contributed by atoms with Crippen LogP contribution in [0.2, 0.25) is 0 Å². The van der Waals surface area contributed by atoms with Gasteiger partial charge >= 0.3 is 0 Å². The van der Waals surface area contributed by atoms with Crippen LogP contribution in [0.15, 0.2) is 54.6 Å². The van der Waals surface area contributed by atoms with Gasteiger partial charge in [0.1, 0.15) is 5.37 Å². The molecule has 1 N–H and O–H groups in total. The first-order valence-corrected chi connectivity index (χ1v) is 8.99. The topological polar surface area (TPSA) is 66.5 Å². The van der Waals surface area contributed by atoms with Gasteiger partial charge in [-0.15, -0.1) is 11.8 Å². The van der Waals surface area contributed by atoms with Crippen molar-refractivity contribution in [3.63, 3.8) is 0 Å². The first-order valence-electron chi connectivity index (χ1n) is 7.94. The Kier molecular flexibility index (Phi) is 5.19. The molecule has 0 spiro atoms. The summed E-state index contributed by atoms with van der Waals surface area (Å²) in [7, 11) is 0. The molecule has 4 rings (SSSR count). The number of benzene rings is 2. The van der Waals surface area contributed by atoms with E-state index in [9.17, 15) is 14.4 Å². The molecule has 3 aliphatic rings. The third-order valence-electron chi connectivity index (χ3n) is 3.80. The number of carbonyl (C=O) groups is 3. The Morgan fingerprint density at radius 1 is 1.12 bits per heavy atom. The molecule has 1 heterocycles. The van der Waals surface area contributed by atoms with Crippen LogP contribution >= 0.6 is 11.8 Å². The van der Waals surface area contributed by atoms with Crippen LogP contribution < -0.4 is 5.43 Å². The Hall–Kier alpha value is -2.60. The molecule has 1 fully saturated rings. The van der Waals surface area contributed by atoms with Gasteiger partial charge < -0.3 is 0 Å². The van der Waals surface area contributed by atoms with Gasteiger partial charge in [-0.2, -0.15) is 0 Å². The largest absolute Gasteiger partial charge is 0.293 e. The van der Waals surface area contributed by atoms with Gasteiger partial charge in [0.2, 0.25) is 11.8 Å². The lowest BCUT2D eigenvalue weighted by atomic mass is 10.2. The van der Waals surface area contributed by atoms with Gasteiger partial charge in [0.25, 0.3) is 0 Å². The molecule has 2 amide bonds.